The SMILES string of the molecule is Cc1cc(C)n(-c2ccc(SC(C)C(=O)NC(=O)Nc3ccccc3)nn2)n1. The van der Waals surface area contributed by atoms with E-state index in [-0.39, 0.29) is 0 Å². The first-order valence-corrected chi connectivity index (χ1v) is 9.51. The molecule has 28 heavy (non-hydrogen) atoms. The van der Waals surface area contributed by atoms with Crippen LogP contribution in [0.25, 0.3) is 5.82 Å². The number of urea groups is 1. The largest absolute Gasteiger partial charge is 0.325 e. The summed E-state index contributed by atoms with van der Waals surface area (Å²) in [5, 5.41) is 17.7. The van der Waals surface area contributed by atoms with Gasteiger partial charge in [-0.3, -0.25) is 10.1 Å². The van der Waals surface area contributed by atoms with Crippen molar-refractivity contribution in [1.29, 1.82) is 0 Å². The summed E-state index contributed by atoms with van der Waals surface area (Å²) in [6, 6.07) is 13.9. The number of benzene rings is 1. The smallest absolute Gasteiger partial charge is 0.308 e. The molecule has 1 unspecified atom stereocenters. The van der Waals surface area contributed by atoms with E-state index >= 15 is 0 Å². The molecule has 0 bridgehead atoms. The molecule has 1 aromatic carbocycles. The van der Waals surface area contributed by atoms with Crippen LogP contribution in [0.1, 0.15) is 18.3 Å². The maximum Gasteiger partial charge on any atom is 0.325 e. The van der Waals surface area contributed by atoms with Crippen LogP contribution in [-0.2, 0) is 4.79 Å². The van der Waals surface area contributed by atoms with Crippen molar-refractivity contribution in [2.24, 2.45) is 0 Å². The number of rotatable bonds is 5. The van der Waals surface area contributed by atoms with Crippen LogP contribution in [0.5, 0.6) is 0 Å². The third-order valence-corrected chi connectivity index (χ3v) is 4.81. The van der Waals surface area contributed by atoms with Crippen molar-refractivity contribution >= 4 is 29.4 Å². The monoisotopic (exact) mass is 396 g/mol. The summed E-state index contributed by atoms with van der Waals surface area (Å²) >= 11 is 1.22. The maximum absolute atomic E-state index is 12.2. The molecule has 0 saturated heterocycles. The molecule has 0 radical (unpaired) electrons. The van der Waals surface area contributed by atoms with Crippen LogP contribution in [0.15, 0.2) is 53.6 Å². The van der Waals surface area contributed by atoms with Crippen molar-refractivity contribution in [2.75, 3.05) is 5.32 Å². The summed E-state index contributed by atoms with van der Waals surface area (Å²) in [6.07, 6.45) is 0. The summed E-state index contributed by atoms with van der Waals surface area (Å²) in [7, 11) is 0. The topological polar surface area (TPSA) is 102 Å². The number of aromatic nitrogens is 4. The average Bonchev–Trinajstić information content (AvgIpc) is 3.01. The zero-order valence-electron chi connectivity index (χ0n) is 15.7. The Morgan fingerprint density at radius 2 is 1.82 bits per heavy atom. The highest BCUT2D eigenvalue weighted by Gasteiger charge is 2.18. The predicted octanol–water partition coefficient (Wildman–Crippen LogP) is 3.11. The maximum atomic E-state index is 12.2. The summed E-state index contributed by atoms with van der Waals surface area (Å²) < 4.78 is 1.71. The second-order valence-corrected chi connectivity index (χ2v) is 7.50. The van der Waals surface area contributed by atoms with Gasteiger partial charge in [0.1, 0.15) is 5.03 Å². The molecule has 0 spiro atoms. The normalized spacial score (nSPS) is 11.7. The highest BCUT2D eigenvalue weighted by molar-refractivity contribution is 8.00. The van der Waals surface area contributed by atoms with Crippen molar-refractivity contribution in [1.82, 2.24) is 25.3 Å². The molecule has 1 atom stereocenters. The minimum atomic E-state index is -0.574. The van der Waals surface area contributed by atoms with Crippen LogP contribution in [0.3, 0.4) is 0 Å². The summed E-state index contributed by atoms with van der Waals surface area (Å²) in [5.41, 5.74) is 2.47. The van der Waals surface area contributed by atoms with Gasteiger partial charge in [0.25, 0.3) is 0 Å². The molecule has 0 aliphatic heterocycles. The Morgan fingerprint density at radius 3 is 2.43 bits per heavy atom. The third-order valence-electron chi connectivity index (χ3n) is 3.79. The molecular formula is C19H20N6O2S. The molecule has 2 heterocycles. The molecule has 3 rings (SSSR count). The molecule has 0 fully saturated rings. The van der Waals surface area contributed by atoms with Crippen molar-refractivity contribution in [3.63, 3.8) is 0 Å². The number of imide groups is 1. The molecule has 0 aliphatic carbocycles. The summed E-state index contributed by atoms with van der Waals surface area (Å²) in [5.74, 6) is 0.192. The number of nitrogens with zero attached hydrogens (tertiary/aromatic N) is 4. The van der Waals surface area contributed by atoms with Gasteiger partial charge in [0, 0.05) is 11.4 Å². The minimum absolute atomic E-state index is 0.414. The third kappa shape index (κ3) is 4.95. The van der Waals surface area contributed by atoms with Gasteiger partial charge in [0.2, 0.25) is 5.91 Å². The standard InChI is InChI=1S/C19H20N6O2S/c1-12-11-13(2)25(24-12)16-9-10-17(23-22-16)28-14(3)18(26)21-19(27)20-15-7-5-4-6-8-15/h4-11,14H,1-3H3,(H2,20,21,26,27). The van der Waals surface area contributed by atoms with Crippen LogP contribution in [-0.4, -0.2) is 37.2 Å². The highest BCUT2D eigenvalue weighted by Crippen LogP contribution is 2.21. The van der Waals surface area contributed by atoms with E-state index in [0.29, 0.717) is 16.5 Å². The van der Waals surface area contributed by atoms with Gasteiger partial charge in [0.15, 0.2) is 5.82 Å². The lowest BCUT2D eigenvalue weighted by Crippen LogP contribution is -2.38. The number of para-hydroxylation sites is 1. The lowest BCUT2D eigenvalue weighted by molar-refractivity contribution is -0.119. The molecule has 0 saturated carbocycles. The van der Waals surface area contributed by atoms with Crippen LogP contribution in [0, 0.1) is 13.8 Å². The second kappa shape index (κ2) is 8.66. The summed E-state index contributed by atoms with van der Waals surface area (Å²) in [4.78, 5) is 24.2. The Kier molecular flexibility index (Phi) is 6.05. The minimum Gasteiger partial charge on any atom is -0.308 e. The number of amides is 3. The fourth-order valence-electron chi connectivity index (χ4n) is 2.48. The van der Waals surface area contributed by atoms with E-state index in [4.69, 9.17) is 0 Å². The zero-order valence-corrected chi connectivity index (χ0v) is 16.5. The molecular weight excluding hydrogens is 376 g/mol. The first-order valence-electron chi connectivity index (χ1n) is 8.63. The van der Waals surface area contributed by atoms with Gasteiger partial charge in [0.05, 0.1) is 10.9 Å². The van der Waals surface area contributed by atoms with Crippen LogP contribution in [0.2, 0.25) is 0 Å². The zero-order chi connectivity index (χ0) is 20.1. The van der Waals surface area contributed by atoms with Crippen molar-refractivity contribution in [3.8, 4) is 5.82 Å². The molecule has 144 valence electrons. The van der Waals surface area contributed by atoms with Crippen molar-refractivity contribution in [2.45, 2.75) is 31.0 Å². The van der Waals surface area contributed by atoms with Gasteiger partial charge in [-0.15, -0.1) is 10.2 Å². The Hall–Kier alpha value is -3.20. The molecule has 3 aromatic rings. The number of nitrogens with one attached hydrogen (secondary N) is 2. The number of anilines is 1. The first-order chi connectivity index (χ1) is 13.4. The quantitative estimate of drug-likeness (QED) is 0.643. The number of hydrogen-bond donors (Lipinski definition) is 2. The van der Waals surface area contributed by atoms with Gasteiger partial charge >= 0.3 is 6.03 Å². The van der Waals surface area contributed by atoms with Gasteiger partial charge in [-0.1, -0.05) is 30.0 Å². The predicted molar refractivity (Wildman–Crippen MR) is 108 cm³/mol. The molecule has 9 heteroatoms. The lowest BCUT2D eigenvalue weighted by atomic mass is 10.3. The van der Waals surface area contributed by atoms with E-state index < -0.39 is 17.2 Å². The number of aryl methyl sites for hydroxylation is 2. The van der Waals surface area contributed by atoms with E-state index in [9.17, 15) is 9.59 Å². The Morgan fingerprint density at radius 1 is 1.07 bits per heavy atom. The molecule has 2 N–H and O–H groups in total. The molecule has 8 nitrogen and oxygen atoms in total. The van der Waals surface area contributed by atoms with E-state index in [1.807, 2.05) is 26.0 Å². The van der Waals surface area contributed by atoms with E-state index in [0.717, 1.165) is 11.4 Å². The Balaban J connectivity index is 1.56. The number of hydrogen-bond acceptors (Lipinski definition) is 6. The first kappa shape index (κ1) is 19.6. The Bertz CT molecular complexity index is 972. The number of thioether (sulfide) groups is 1. The Labute approximate surface area is 166 Å². The van der Waals surface area contributed by atoms with Crippen LogP contribution in [0.4, 0.5) is 10.5 Å². The van der Waals surface area contributed by atoms with Crippen LogP contribution >= 0.6 is 11.8 Å². The van der Waals surface area contributed by atoms with E-state index in [2.05, 4.69) is 25.9 Å². The van der Waals surface area contributed by atoms with Gasteiger partial charge in [-0.2, -0.15) is 5.10 Å². The highest BCUT2D eigenvalue weighted by atomic mass is 32.2. The second-order valence-electron chi connectivity index (χ2n) is 6.14. The number of carbonyl (C=O) groups excluding carboxylic acids is 2. The lowest BCUT2D eigenvalue weighted by Gasteiger charge is -2.11. The van der Waals surface area contributed by atoms with Crippen LogP contribution < -0.4 is 10.6 Å². The fourth-order valence-corrected chi connectivity index (χ4v) is 3.24. The molecule has 2 aromatic heterocycles. The fraction of sp³-hybridized carbons (Fsp3) is 0.211. The van der Waals surface area contributed by atoms with Crippen molar-refractivity contribution in [3.05, 3.63) is 59.9 Å². The van der Waals surface area contributed by atoms with Gasteiger partial charge < -0.3 is 5.32 Å². The van der Waals surface area contributed by atoms with E-state index in [1.54, 1.807) is 48.0 Å². The van der Waals surface area contributed by atoms with Gasteiger partial charge in [-0.05, 0) is 51.1 Å². The molecule has 3 amide bonds. The molecule has 0 aliphatic rings. The summed E-state index contributed by atoms with van der Waals surface area (Å²) in [6.45, 7) is 5.55. The van der Waals surface area contributed by atoms with Crippen molar-refractivity contribution < 1.29 is 9.59 Å². The van der Waals surface area contributed by atoms with Gasteiger partial charge in [-0.25, -0.2) is 9.48 Å². The average molecular weight is 396 g/mol. The van der Waals surface area contributed by atoms with E-state index in [1.165, 1.54) is 11.8 Å². The number of carbonyl (C=O) groups is 2.